The first-order valence-electron chi connectivity index (χ1n) is 23.8. The standard InChI is InChI=1S/C50H65N5O9/c1-8-45(59)26-31-27-47(43(57)61-6,40-33(15-21-53(28-31)29-45)34-23-32(13-14-37(34)51-40)54-18-10-11-19-54)36-24-35-38(25-39(36)60-5)52(4)50-48(35)17-22-55-20-12-16-46(9-2,41(48)55)42(63-30(3)56)49(50,64-50)44(58)62-7/h12-14,16,23-25,31,36,39,41-42,51,59H,8-11,15,17-22,26-29H2,1-7H3/t31-,36?,39?,41+,42-,45+,46-,47+,48-,49+,50+/m1/s1. The summed E-state index contributed by atoms with van der Waals surface area (Å²) in [5.74, 6) is -2.05. The van der Waals surface area contributed by atoms with Gasteiger partial charge in [0.25, 0.3) is 5.60 Å². The minimum atomic E-state index is -1.64. The highest BCUT2D eigenvalue weighted by atomic mass is 16.7. The molecule has 0 amide bonds. The summed E-state index contributed by atoms with van der Waals surface area (Å²) in [6.45, 7) is 11.1. The zero-order valence-corrected chi connectivity index (χ0v) is 38.5. The van der Waals surface area contributed by atoms with Crippen LogP contribution in [0.4, 0.5) is 5.69 Å². The first-order valence-corrected chi connectivity index (χ1v) is 23.8. The quantitative estimate of drug-likeness (QED) is 0.165. The smallest absolute Gasteiger partial charge is 0.347 e. The molecule has 8 heterocycles. The number of hydrogen-bond donors (Lipinski definition) is 2. The zero-order chi connectivity index (χ0) is 44.8. The number of carbonyl (C=O) groups excluding carboxylic acids is 3. The van der Waals surface area contributed by atoms with Gasteiger partial charge in [0.2, 0.25) is 0 Å². The number of fused-ring (bicyclic) bond motifs is 6. The van der Waals surface area contributed by atoms with Gasteiger partial charge in [0.05, 0.1) is 31.3 Å². The van der Waals surface area contributed by atoms with Crippen molar-refractivity contribution >= 4 is 34.5 Å². The molecule has 2 bridgehead atoms. The first kappa shape index (κ1) is 42.4. The van der Waals surface area contributed by atoms with Crippen molar-refractivity contribution < 1.29 is 43.2 Å². The van der Waals surface area contributed by atoms with E-state index in [1.165, 1.54) is 26.8 Å². The van der Waals surface area contributed by atoms with Gasteiger partial charge < -0.3 is 43.6 Å². The van der Waals surface area contributed by atoms with Crippen LogP contribution >= 0.6 is 0 Å². The molecule has 3 unspecified atom stereocenters. The van der Waals surface area contributed by atoms with E-state index in [1.54, 1.807) is 7.11 Å². The highest BCUT2D eigenvalue weighted by molar-refractivity contribution is 5.93. The van der Waals surface area contributed by atoms with E-state index < -0.39 is 63.2 Å². The van der Waals surface area contributed by atoms with Crippen LogP contribution in [0.3, 0.4) is 0 Å². The second-order valence-corrected chi connectivity index (χ2v) is 20.6. The average molecular weight is 880 g/mol. The van der Waals surface area contributed by atoms with Crippen LogP contribution in [0.1, 0.15) is 77.0 Å². The molecule has 14 nitrogen and oxygen atoms in total. The molecule has 14 heteroatoms. The van der Waals surface area contributed by atoms with Crippen LogP contribution in [0.25, 0.3) is 10.9 Å². The maximum absolute atomic E-state index is 15.7. The maximum atomic E-state index is 15.7. The fourth-order valence-electron chi connectivity index (χ4n) is 15.5. The molecule has 64 heavy (non-hydrogen) atoms. The van der Waals surface area contributed by atoms with Crippen LogP contribution in [-0.2, 0) is 49.9 Å². The fourth-order valence-corrected chi connectivity index (χ4v) is 15.5. The Labute approximate surface area is 375 Å². The molecular formula is C50H65N5O9. The molecule has 12 atom stereocenters. The molecule has 2 N–H and O–H groups in total. The van der Waals surface area contributed by atoms with Gasteiger partial charge in [-0.05, 0) is 99.2 Å². The summed E-state index contributed by atoms with van der Waals surface area (Å²) < 4.78 is 31.9. The number of allylic oxidation sites excluding steroid dienone is 1. The van der Waals surface area contributed by atoms with Crippen LogP contribution in [-0.4, -0.2) is 152 Å². The molecule has 0 radical (unpaired) electrons. The summed E-state index contributed by atoms with van der Waals surface area (Å²) in [4.78, 5) is 56.8. The Balaban J connectivity index is 1.17. The van der Waals surface area contributed by atoms with E-state index in [1.807, 2.05) is 7.05 Å². The van der Waals surface area contributed by atoms with Gasteiger partial charge in [-0.1, -0.05) is 32.1 Å². The van der Waals surface area contributed by atoms with Gasteiger partial charge in [0, 0.05) is 106 Å². The summed E-state index contributed by atoms with van der Waals surface area (Å²) in [5, 5.41) is 13.3. The third-order valence-corrected chi connectivity index (χ3v) is 18.0. The second-order valence-electron chi connectivity index (χ2n) is 20.6. The molecule has 2 spiro atoms. The molecule has 2 aromatic rings. The topological polar surface area (TPSA) is 150 Å². The number of carbonyl (C=O) groups is 3. The van der Waals surface area contributed by atoms with Gasteiger partial charge in [-0.3, -0.25) is 19.4 Å². The van der Waals surface area contributed by atoms with Gasteiger partial charge >= 0.3 is 17.9 Å². The second kappa shape index (κ2) is 14.4. The number of H-pyrrole nitrogens is 1. The van der Waals surface area contributed by atoms with Gasteiger partial charge in [-0.15, -0.1) is 0 Å². The number of aromatic nitrogens is 1. The summed E-state index contributed by atoms with van der Waals surface area (Å²) in [6, 6.07) is 6.46. The van der Waals surface area contributed by atoms with E-state index in [2.05, 4.69) is 80.9 Å². The number of hydrogen-bond acceptors (Lipinski definition) is 13. The molecule has 6 fully saturated rings. The summed E-state index contributed by atoms with van der Waals surface area (Å²) >= 11 is 0. The Morgan fingerprint density at radius 1 is 0.984 bits per heavy atom. The lowest BCUT2D eigenvalue weighted by Gasteiger charge is -2.58. The molecule has 2 aliphatic carbocycles. The van der Waals surface area contributed by atoms with Gasteiger partial charge in [-0.2, -0.15) is 0 Å². The number of anilines is 1. The largest absolute Gasteiger partial charge is 0.468 e. The van der Waals surface area contributed by atoms with Crippen LogP contribution in [0.2, 0.25) is 0 Å². The summed E-state index contributed by atoms with van der Waals surface area (Å²) in [5.41, 5.74) is -0.748. The van der Waals surface area contributed by atoms with E-state index in [4.69, 9.17) is 23.7 Å². The Bertz CT molecular complexity index is 2410. The number of nitrogens with one attached hydrogen (secondary N) is 1. The van der Waals surface area contributed by atoms with Crippen molar-refractivity contribution in [3.8, 4) is 0 Å². The minimum absolute atomic E-state index is 0.0523. The first-order chi connectivity index (χ1) is 30.8. The highest BCUT2D eigenvalue weighted by Crippen LogP contribution is 2.82. The third kappa shape index (κ3) is 5.12. The number of piperidine rings is 1. The lowest BCUT2D eigenvalue weighted by Crippen LogP contribution is -2.73. The predicted octanol–water partition coefficient (Wildman–Crippen LogP) is 4.60. The molecule has 5 saturated heterocycles. The van der Waals surface area contributed by atoms with Gasteiger partial charge in [0.15, 0.2) is 11.8 Å². The van der Waals surface area contributed by atoms with E-state index >= 15 is 4.79 Å². The minimum Gasteiger partial charge on any atom is -0.468 e. The molecule has 344 valence electrons. The number of methoxy groups -OCH3 is 3. The van der Waals surface area contributed by atoms with E-state index in [-0.39, 0.29) is 17.9 Å². The number of benzene rings is 1. The van der Waals surface area contributed by atoms with Gasteiger partial charge in [-0.25, -0.2) is 4.79 Å². The normalized spacial score (nSPS) is 41.6. The van der Waals surface area contributed by atoms with Crippen molar-refractivity contribution in [2.24, 2.45) is 22.7 Å². The fraction of sp³-hybridized carbons (Fsp3) is 0.660. The Morgan fingerprint density at radius 2 is 1.77 bits per heavy atom. The zero-order valence-electron chi connectivity index (χ0n) is 38.5. The average Bonchev–Trinajstić information content (AvgIpc) is 3.74. The van der Waals surface area contributed by atoms with E-state index in [0.717, 1.165) is 79.0 Å². The SMILES string of the molecule is CC[C@]1(O)C[C@H]2CN(CCc3c([nH]c4ccc(N5CCCC5)cc34)[C@@](C(=O)OC)(C3C=C4C(=CC3OC)N(C)[C@@]35O[C@]3(C(=O)OC)[C@H](OC(C)=O)[C@]3(CC)C=CCN6CC[C@]45[C@@H]63)C2)C1. The molecule has 1 aromatic carbocycles. The van der Waals surface area contributed by atoms with Crippen molar-refractivity contribution in [1.29, 1.82) is 0 Å². The summed E-state index contributed by atoms with van der Waals surface area (Å²) in [7, 11) is 6.55. The number of likely N-dealkylation sites (tertiary alicyclic amines) is 1. The Morgan fingerprint density at radius 3 is 2.47 bits per heavy atom. The van der Waals surface area contributed by atoms with Crippen molar-refractivity contribution in [2.75, 3.05) is 79.1 Å². The monoisotopic (exact) mass is 879 g/mol. The van der Waals surface area contributed by atoms with Crippen LogP contribution in [0.5, 0.6) is 0 Å². The number of likely N-dealkylation sites (N-methyl/N-ethyl adjacent to an activating group) is 1. The predicted molar refractivity (Wildman–Crippen MR) is 238 cm³/mol. The Hall–Kier alpha value is -4.21. The number of epoxide rings is 1. The van der Waals surface area contributed by atoms with Gasteiger partial charge in [0.1, 0.15) is 5.41 Å². The van der Waals surface area contributed by atoms with Crippen molar-refractivity contribution in [3.05, 3.63) is 65.0 Å². The number of esters is 3. The third-order valence-electron chi connectivity index (χ3n) is 18.0. The molecule has 1 aromatic heterocycles. The van der Waals surface area contributed by atoms with E-state index in [9.17, 15) is 14.7 Å². The number of rotatable bonds is 8. The van der Waals surface area contributed by atoms with Crippen LogP contribution < -0.4 is 4.90 Å². The molecule has 9 aliphatic rings. The number of aliphatic hydroxyl groups is 1. The Kier molecular flexibility index (Phi) is 9.54. The van der Waals surface area contributed by atoms with Crippen LogP contribution in [0, 0.1) is 22.7 Å². The van der Waals surface area contributed by atoms with Crippen molar-refractivity contribution in [1.82, 2.24) is 19.7 Å². The van der Waals surface area contributed by atoms with Crippen molar-refractivity contribution in [3.63, 3.8) is 0 Å². The molecular weight excluding hydrogens is 815 g/mol. The highest BCUT2D eigenvalue weighted by Gasteiger charge is 2.99. The number of nitrogens with zero attached hydrogens (tertiary/aromatic N) is 4. The van der Waals surface area contributed by atoms with Crippen molar-refractivity contribution in [2.45, 2.75) is 113 Å². The van der Waals surface area contributed by atoms with E-state index in [0.29, 0.717) is 51.6 Å². The molecule has 11 rings (SSSR count). The lowest BCUT2D eigenvalue weighted by molar-refractivity contribution is -0.182. The molecule has 7 aliphatic heterocycles. The number of ether oxygens (including phenoxy) is 5. The number of aromatic amines is 1. The maximum Gasteiger partial charge on any atom is 0.347 e. The lowest BCUT2D eigenvalue weighted by atomic mass is 9.48. The molecule has 1 saturated carbocycles. The van der Waals surface area contributed by atoms with Crippen LogP contribution in [0.15, 0.2) is 53.8 Å². The summed E-state index contributed by atoms with van der Waals surface area (Å²) in [6.07, 6.45) is 13.0.